The van der Waals surface area contributed by atoms with Gasteiger partial charge in [-0.3, -0.25) is 0 Å². The number of ether oxygens (including phenoxy) is 2. The third kappa shape index (κ3) is 3.16. The molecule has 1 N–H and O–H groups in total. The van der Waals surface area contributed by atoms with Crippen molar-refractivity contribution < 1.29 is 13.9 Å². The van der Waals surface area contributed by atoms with Crippen LogP contribution >= 0.6 is 15.9 Å². The zero-order valence-corrected chi connectivity index (χ0v) is 12.6. The summed E-state index contributed by atoms with van der Waals surface area (Å²) in [5.41, 5.74) is 1.15. The highest BCUT2D eigenvalue weighted by Crippen LogP contribution is 2.38. The molecule has 1 aliphatic heterocycles. The smallest absolute Gasteiger partial charge is 0.175 e. The first-order valence-electron chi connectivity index (χ1n) is 6.64. The summed E-state index contributed by atoms with van der Waals surface area (Å²) in [6.07, 6.45) is 2.59. The molecule has 1 aliphatic rings. The molecular weight excluding hydrogens is 322 g/mol. The molecule has 4 nitrogen and oxygen atoms in total. The van der Waals surface area contributed by atoms with Crippen molar-refractivity contribution in [2.45, 2.75) is 19.5 Å². The van der Waals surface area contributed by atoms with E-state index < -0.39 is 0 Å². The van der Waals surface area contributed by atoms with Gasteiger partial charge >= 0.3 is 0 Å². The monoisotopic (exact) mass is 337 g/mol. The Morgan fingerprint density at radius 3 is 2.90 bits per heavy atom. The number of rotatable bonds is 4. The van der Waals surface area contributed by atoms with E-state index in [1.54, 1.807) is 6.26 Å². The molecule has 0 amide bonds. The lowest BCUT2D eigenvalue weighted by molar-refractivity contribution is 0.296. The van der Waals surface area contributed by atoms with Crippen molar-refractivity contribution in [3.63, 3.8) is 0 Å². The fourth-order valence-electron chi connectivity index (χ4n) is 2.13. The molecule has 0 saturated carbocycles. The fraction of sp³-hybridized carbons (Fsp3) is 0.333. The van der Waals surface area contributed by atoms with E-state index in [1.165, 1.54) is 0 Å². The molecule has 0 fully saturated rings. The van der Waals surface area contributed by atoms with Gasteiger partial charge < -0.3 is 19.2 Å². The molecule has 0 radical (unpaired) electrons. The van der Waals surface area contributed by atoms with Crippen molar-refractivity contribution in [3.8, 4) is 11.5 Å². The topological polar surface area (TPSA) is 43.6 Å². The van der Waals surface area contributed by atoms with Crippen LogP contribution in [0.25, 0.3) is 0 Å². The number of hydrogen-bond donors (Lipinski definition) is 1. The highest BCUT2D eigenvalue weighted by Gasteiger charge is 2.15. The van der Waals surface area contributed by atoms with Gasteiger partial charge in [-0.1, -0.05) is 0 Å². The Balaban J connectivity index is 1.67. The molecule has 20 heavy (non-hydrogen) atoms. The van der Waals surface area contributed by atoms with Crippen molar-refractivity contribution >= 4 is 15.9 Å². The molecule has 2 aromatic rings. The van der Waals surface area contributed by atoms with Crippen LogP contribution in [0.5, 0.6) is 11.5 Å². The summed E-state index contributed by atoms with van der Waals surface area (Å²) in [5, 5.41) is 3.34. The highest BCUT2D eigenvalue weighted by atomic mass is 79.9. The Hall–Kier alpha value is -1.46. The minimum atomic E-state index is 0.696. The standard InChI is InChI=1S/C15H16BrNO3/c16-13-7-11(9-17-10-12-3-1-4-18-12)8-14-15(13)20-6-2-5-19-14/h1,3-4,7-8,17H,2,5-6,9-10H2. The maximum absolute atomic E-state index is 5.72. The van der Waals surface area contributed by atoms with E-state index in [9.17, 15) is 0 Å². The first-order valence-corrected chi connectivity index (χ1v) is 7.43. The van der Waals surface area contributed by atoms with E-state index >= 15 is 0 Å². The zero-order valence-electron chi connectivity index (χ0n) is 11.0. The van der Waals surface area contributed by atoms with Crippen molar-refractivity contribution in [3.05, 3.63) is 46.3 Å². The maximum Gasteiger partial charge on any atom is 0.175 e. The molecule has 1 aromatic carbocycles. The van der Waals surface area contributed by atoms with Crippen LogP contribution in [0, 0.1) is 0 Å². The van der Waals surface area contributed by atoms with Gasteiger partial charge in [0.15, 0.2) is 11.5 Å². The second-order valence-electron chi connectivity index (χ2n) is 4.64. The molecule has 3 rings (SSSR count). The molecule has 0 bridgehead atoms. The summed E-state index contributed by atoms with van der Waals surface area (Å²) in [4.78, 5) is 0. The lowest BCUT2D eigenvalue weighted by Crippen LogP contribution is -2.12. The summed E-state index contributed by atoms with van der Waals surface area (Å²) in [5.74, 6) is 2.54. The van der Waals surface area contributed by atoms with Crippen LogP contribution in [-0.4, -0.2) is 13.2 Å². The zero-order chi connectivity index (χ0) is 13.8. The number of fused-ring (bicyclic) bond motifs is 1. The Morgan fingerprint density at radius 2 is 2.05 bits per heavy atom. The number of benzene rings is 1. The normalized spacial score (nSPS) is 14.1. The van der Waals surface area contributed by atoms with Gasteiger partial charge in [0.25, 0.3) is 0 Å². The molecule has 0 atom stereocenters. The van der Waals surface area contributed by atoms with Crippen LogP contribution in [0.15, 0.2) is 39.4 Å². The van der Waals surface area contributed by atoms with E-state index in [-0.39, 0.29) is 0 Å². The van der Waals surface area contributed by atoms with Gasteiger partial charge in [0, 0.05) is 13.0 Å². The van der Waals surface area contributed by atoms with Crippen molar-refractivity contribution in [2.75, 3.05) is 13.2 Å². The van der Waals surface area contributed by atoms with Crippen LogP contribution in [-0.2, 0) is 13.1 Å². The summed E-state index contributed by atoms with van der Waals surface area (Å²) in [6, 6.07) is 7.93. The fourth-order valence-corrected chi connectivity index (χ4v) is 2.73. The first kappa shape index (κ1) is 13.5. The molecular formula is C15H16BrNO3. The van der Waals surface area contributed by atoms with Crippen molar-refractivity contribution in [1.29, 1.82) is 0 Å². The van der Waals surface area contributed by atoms with Gasteiger partial charge in [0.1, 0.15) is 5.76 Å². The Bertz CT molecular complexity index is 569. The van der Waals surface area contributed by atoms with Crippen LogP contribution in [0.4, 0.5) is 0 Å². The first-order chi connectivity index (χ1) is 9.83. The molecule has 2 heterocycles. The van der Waals surface area contributed by atoms with Gasteiger partial charge in [-0.2, -0.15) is 0 Å². The minimum Gasteiger partial charge on any atom is -0.490 e. The average molecular weight is 338 g/mol. The Morgan fingerprint density at radius 1 is 1.15 bits per heavy atom. The molecule has 1 aromatic heterocycles. The molecule has 106 valence electrons. The summed E-state index contributed by atoms with van der Waals surface area (Å²) in [7, 11) is 0. The number of hydrogen-bond acceptors (Lipinski definition) is 4. The second kappa shape index (κ2) is 6.33. The van der Waals surface area contributed by atoms with Crippen LogP contribution < -0.4 is 14.8 Å². The van der Waals surface area contributed by atoms with Crippen LogP contribution in [0.1, 0.15) is 17.7 Å². The predicted molar refractivity (Wildman–Crippen MR) is 79.0 cm³/mol. The molecule has 0 spiro atoms. The van der Waals surface area contributed by atoms with E-state index in [0.717, 1.165) is 40.3 Å². The second-order valence-corrected chi connectivity index (χ2v) is 5.49. The largest absolute Gasteiger partial charge is 0.490 e. The molecule has 0 saturated heterocycles. The van der Waals surface area contributed by atoms with E-state index in [1.807, 2.05) is 18.2 Å². The van der Waals surface area contributed by atoms with E-state index in [2.05, 4.69) is 27.3 Å². The van der Waals surface area contributed by atoms with E-state index in [0.29, 0.717) is 19.8 Å². The van der Waals surface area contributed by atoms with Gasteiger partial charge in [0.2, 0.25) is 0 Å². The van der Waals surface area contributed by atoms with Gasteiger partial charge in [-0.05, 0) is 45.8 Å². The number of halogens is 1. The summed E-state index contributed by atoms with van der Waals surface area (Å²) in [6.45, 7) is 2.85. The maximum atomic E-state index is 5.72. The molecule has 0 unspecified atom stereocenters. The quantitative estimate of drug-likeness (QED) is 0.927. The third-order valence-electron chi connectivity index (χ3n) is 3.07. The minimum absolute atomic E-state index is 0.696. The van der Waals surface area contributed by atoms with Gasteiger partial charge in [-0.25, -0.2) is 0 Å². The predicted octanol–water partition coefficient (Wildman–Crippen LogP) is 3.49. The SMILES string of the molecule is Brc1cc(CNCc2ccco2)cc2c1OCCCO2. The third-order valence-corrected chi connectivity index (χ3v) is 3.66. The summed E-state index contributed by atoms with van der Waals surface area (Å²) >= 11 is 3.55. The number of nitrogens with one attached hydrogen (secondary N) is 1. The Labute approximate surface area is 126 Å². The van der Waals surface area contributed by atoms with E-state index in [4.69, 9.17) is 13.9 Å². The Kier molecular flexibility index (Phi) is 4.28. The molecule has 0 aliphatic carbocycles. The van der Waals surface area contributed by atoms with Crippen LogP contribution in [0.3, 0.4) is 0 Å². The van der Waals surface area contributed by atoms with Gasteiger partial charge in [0.05, 0.1) is 30.5 Å². The average Bonchev–Trinajstić information content (AvgIpc) is 2.83. The highest BCUT2D eigenvalue weighted by molar-refractivity contribution is 9.10. The van der Waals surface area contributed by atoms with Crippen molar-refractivity contribution in [2.24, 2.45) is 0 Å². The van der Waals surface area contributed by atoms with Gasteiger partial charge in [-0.15, -0.1) is 0 Å². The summed E-state index contributed by atoms with van der Waals surface area (Å²) < 4.78 is 17.6. The lowest BCUT2D eigenvalue weighted by atomic mass is 10.2. The van der Waals surface area contributed by atoms with Crippen LogP contribution in [0.2, 0.25) is 0 Å². The lowest BCUT2D eigenvalue weighted by Gasteiger charge is -2.12. The number of furan rings is 1. The van der Waals surface area contributed by atoms with Crippen molar-refractivity contribution in [1.82, 2.24) is 5.32 Å². The molecule has 5 heteroatoms.